The SMILES string of the molecule is Cc1ccc(Cc2cc(C)c(=O)[nH]n2)cc1Oc1cc(F)cc(C#N)c1. The fourth-order valence-corrected chi connectivity index (χ4v) is 2.54. The Labute approximate surface area is 149 Å². The third-order valence-electron chi connectivity index (χ3n) is 3.91. The molecule has 0 aliphatic heterocycles. The van der Waals surface area contributed by atoms with E-state index in [0.29, 0.717) is 17.7 Å². The standard InChI is InChI=1S/C20H16FN3O2/c1-12-3-4-14(7-17-5-13(2)20(25)24-23-17)9-19(12)26-18-8-15(11-22)6-16(21)10-18/h3-6,8-10H,7H2,1-2H3,(H,24,25). The summed E-state index contributed by atoms with van der Waals surface area (Å²) < 4.78 is 19.4. The Bertz CT molecular complexity index is 1070. The van der Waals surface area contributed by atoms with Crippen LogP contribution in [0.25, 0.3) is 0 Å². The molecule has 0 amide bonds. The van der Waals surface area contributed by atoms with E-state index < -0.39 is 5.82 Å². The van der Waals surface area contributed by atoms with Gasteiger partial charge in [0.05, 0.1) is 17.3 Å². The molecular weight excluding hydrogens is 333 g/mol. The summed E-state index contributed by atoms with van der Waals surface area (Å²) in [6.07, 6.45) is 0.515. The number of rotatable bonds is 4. The predicted molar refractivity (Wildman–Crippen MR) is 94.8 cm³/mol. The molecular formula is C20H16FN3O2. The van der Waals surface area contributed by atoms with E-state index in [4.69, 9.17) is 10.00 Å². The van der Waals surface area contributed by atoms with Crippen LogP contribution in [0.3, 0.4) is 0 Å². The minimum atomic E-state index is -0.527. The second-order valence-corrected chi connectivity index (χ2v) is 6.04. The van der Waals surface area contributed by atoms with Gasteiger partial charge >= 0.3 is 0 Å². The molecule has 1 heterocycles. The van der Waals surface area contributed by atoms with Gasteiger partial charge < -0.3 is 4.74 Å². The number of hydrogen-bond donors (Lipinski definition) is 1. The van der Waals surface area contributed by atoms with Crippen LogP contribution in [0.15, 0.2) is 47.3 Å². The van der Waals surface area contributed by atoms with E-state index in [2.05, 4.69) is 10.2 Å². The molecule has 0 aliphatic carbocycles. The van der Waals surface area contributed by atoms with Crippen LogP contribution in [-0.2, 0) is 6.42 Å². The molecule has 130 valence electrons. The number of nitrogens with zero attached hydrogens (tertiary/aromatic N) is 2. The molecule has 0 radical (unpaired) electrons. The molecule has 0 aliphatic rings. The van der Waals surface area contributed by atoms with Gasteiger partial charge in [-0.2, -0.15) is 10.4 Å². The summed E-state index contributed by atoms with van der Waals surface area (Å²) in [6.45, 7) is 3.61. The smallest absolute Gasteiger partial charge is 0.267 e. The van der Waals surface area contributed by atoms with Crippen LogP contribution in [0, 0.1) is 31.0 Å². The van der Waals surface area contributed by atoms with Crippen LogP contribution in [0.1, 0.15) is 27.9 Å². The maximum atomic E-state index is 13.6. The van der Waals surface area contributed by atoms with Crippen molar-refractivity contribution in [2.45, 2.75) is 20.3 Å². The van der Waals surface area contributed by atoms with E-state index in [-0.39, 0.29) is 16.9 Å². The second-order valence-electron chi connectivity index (χ2n) is 6.04. The Kier molecular flexibility index (Phi) is 4.81. The summed E-state index contributed by atoms with van der Waals surface area (Å²) >= 11 is 0. The maximum Gasteiger partial charge on any atom is 0.267 e. The van der Waals surface area contributed by atoms with E-state index in [0.717, 1.165) is 22.9 Å². The van der Waals surface area contributed by atoms with Gasteiger partial charge in [-0.05, 0) is 49.2 Å². The predicted octanol–water partition coefficient (Wildman–Crippen LogP) is 3.78. The number of aromatic nitrogens is 2. The van der Waals surface area contributed by atoms with Crippen LogP contribution in [-0.4, -0.2) is 10.2 Å². The Hall–Kier alpha value is -3.46. The number of H-pyrrole nitrogens is 1. The van der Waals surface area contributed by atoms with Gasteiger partial charge in [0.25, 0.3) is 5.56 Å². The van der Waals surface area contributed by atoms with E-state index in [9.17, 15) is 9.18 Å². The molecule has 3 rings (SSSR count). The van der Waals surface area contributed by atoms with Crippen LogP contribution in [0.5, 0.6) is 11.5 Å². The molecule has 26 heavy (non-hydrogen) atoms. The van der Waals surface area contributed by atoms with Crippen molar-refractivity contribution in [2.75, 3.05) is 0 Å². The highest BCUT2D eigenvalue weighted by molar-refractivity contribution is 5.43. The summed E-state index contributed by atoms with van der Waals surface area (Å²) in [5.74, 6) is 0.304. The van der Waals surface area contributed by atoms with Crippen LogP contribution in [0.4, 0.5) is 4.39 Å². The zero-order valence-corrected chi connectivity index (χ0v) is 14.3. The normalized spacial score (nSPS) is 10.4. The fraction of sp³-hybridized carbons (Fsp3) is 0.150. The summed E-state index contributed by atoms with van der Waals surface area (Å²) in [4.78, 5) is 11.4. The number of nitrogens with one attached hydrogen (secondary N) is 1. The topological polar surface area (TPSA) is 78.8 Å². The summed E-state index contributed by atoms with van der Waals surface area (Å²) in [6, 6.07) is 13.2. The first-order chi connectivity index (χ1) is 12.4. The van der Waals surface area contributed by atoms with E-state index in [1.807, 2.05) is 31.2 Å². The van der Waals surface area contributed by atoms with Crippen molar-refractivity contribution < 1.29 is 9.13 Å². The van der Waals surface area contributed by atoms with Gasteiger partial charge in [0, 0.05) is 18.1 Å². The van der Waals surface area contributed by atoms with Crippen molar-refractivity contribution >= 4 is 0 Å². The minimum absolute atomic E-state index is 0.196. The molecule has 0 bridgehead atoms. The van der Waals surface area contributed by atoms with Crippen molar-refractivity contribution in [2.24, 2.45) is 0 Å². The summed E-state index contributed by atoms with van der Waals surface area (Å²) in [5, 5.41) is 15.5. The molecule has 5 nitrogen and oxygen atoms in total. The number of hydrogen-bond acceptors (Lipinski definition) is 4. The van der Waals surface area contributed by atoms with Gasteiger partial charge in [-0.25, -0.2) is 9.49 Å². The molecule has 3 aromatic rings. The van der Waals surface area contributed by atoms with Crippen molar-refractivity contribution in [3.63, 3.8) is 0 Å². The number of benzene rings is 2. The number of aromatic amines is 1. The first-order valence-electron chi connectivity index (χ1n) is 7.98. The van der Waals surface area contributed by atoms with Crippen molar-refractivity contribution in [1.29, 1.82) is 5.26 Å². The lowest BCUT2D eigenvalue weighted by atomic mass is 10.1. The molecule has 0 atom stereocenters. The lowest BCUT2D eigenvalue weighted by Gasteiger charge is -2.11. The number of aryl methyl sites for hydroxylation is 2. The fourth-order valence-electron chi connectivity index (χ4n) is 2.54. The zero-order valence-electron chi connectivity index (χ0n) is 14.3. The van der Waals surface area contributed by atoms with Gasteiger partial charge in [-0.3, -0.25) is 4.79 Å². The molecule has 0 saturated heterocycles. The third-order valence-corrected chi connectivity index (χ3v) is 3.91. The largest absolute Gasteiger partial charge is 0.457 e. The highest BCUT2D eigenvalue weighted by Gasteiger charge is 2.08. The second kappa shape index (κ2) is 7.19. The van der Waals surface area contributed by atoms with Crippen molar-refractivity contribution in [1.82, 2.24) is 10.2 Å². The molecule has 1 N–H and O–H groups in total. The molecule has 0 saturated carbocycles. The Balaban J connectivity index is 1.88. The first-order valence-corrected chi connectivity index (χ1v) is 7.98. The number of ether oxygens (including phenoxy) is 1. The summed E-state index contributed by atoms with van der Waals surface area (Å²) in [7, 11) is 0. The highest BCUT2D eigenvalue weighted by Crippen LogP contribution is 2.28. The van der Waals surface area contributed by atoms with Gasteiger partial charge in [-0.15, -0.1) is 0 Å². The highest BCUT2D eigenvalue weighted by atomic mass is 19.1. The Morgan fingerprint density at radius 2 is 1.96 bits per heavy atom. The van der Waals surface area contributed by atoms with Crippen molar-refractivity contribution in [3.05, 3.63) is 86.6 Å². The lowest BCUT2D eigenvalue weighted by Crippen LogP contribution is -2.12. The quantitative estimate of drug-likeness (QED) is 0.777. The lowest BCUT2D eigenvalue weighted by molar-refractivity contribution is 0.472. The number of halogens is 1. The first kappa shape index (κ1) is 17.4. The average molecular weight is 349 g/mol. The van der Waals surface area contributed by atoms with Gasteiger partial charge in [0.1, 0.15) is 17.3 Å². The Morgan fingerprint density at radius 3 is 2.69 bits per heavy atom. The number of nitriles is 1. The van der Waals surface area contributed by atoms with Gasteiger partial charge in [0.15, 0.2) is 0 Å². The molecule has 2 aromatic carbocycles. The average Bonchev–Trinajstić information content (AvgIpc) is 2.60. The molecule has 0 fully saturated rings. The molecule has 0 unspecified atom stereocenters. The monoisotopic (exact) mass is 349 g/mol. The molecule has 6 heteroatoms. The van der Waals surface area contributed by atoms with Crippen LogP contribution in [0.2, 0.25) is 0 Å². The van der Waals surface area contributed by atoms with Gasteiger partial charge in [0.2, 0.25) is 0 Å². The van der Waals surface area contributed by atoms with E-state index in [1.165, 1.54) is 12.1 Å². The molecule has 1 aromatic heterocycles. The van der Waals surface area contributed by atoms with E-state index >= 15 is 0 Å². The van der Waals surface area contributed by atoms with Crippen molar-refractivity contribution in [3.8, 4) is 17.6 Å². The van der Waals surface area contributed by atoms with Gasteiger partial charge in [-0.1, -0.05) is 12.1 Å². The zero-order chi connectivity index (χ0) is 18.7. The van der Waals surface area contributed by atoms with E-state index in [1.54, 1.807) is 13.0 Å². The maximum absolute atomic E-state index is 13.6. The Morgan fingerprint density at radius 1 is 1.15 bits per heavy atom. The summed E-state index contributed by atoms with van der Waals surface area (Å²) in [5.41, 5.74) is 3.13. The van der Waals surface area contributed by atoms with Crippen LogP contribution >= 0.6 is 0 Å². The van der Waals surface area contributed by atoms with Crippen LogP contribution < -0.4 is 10.3 Å². The third kappa shape index (κ3) is 3.95. The molecule has 0 spiro atoms. The minimum Gasteiger partial charge on any atom is -0.457 e.